The molecule has 0 saturated carbocycles. The third kappa shape index (κ3) is 21.7. The molecule has 0 aromatic rings. The van der Waals surface area contributed by atoms with Gasteiger partial charge in [-0.25, -0.2) is 0 Å². The lowest BCUT2D eigenvalue weighted by atomic mass is 10.00. The van der Waals surface area contributed by atoms with Gasteiger partial charge in [-0.2, -0.15) is 0 Å². The first-order chi connectivity index (χ1) is 18.0. The molecule has 4 unspecified atom stereocenters. The summed E-state index contributed by atoms with van der Waals surface area (Å²) in [6.45, 7) is 3.94. The van der Waals surface area contributed by atoms with Gasteiger partial charge in [0.25, 0.3) is 0 Å². The molecule has 0 aromatic heterocycles. The Morgan fingerprint density at radius 1 is 0.649 bits per heavy atom. The van der Waals surface area contributed by atoms with Crippen molar-refractivity contribution in [3.05, 3.63) is 12.2 Å². The molecular formula is C31H61NO5. The van der Waals surface area contributed by atoms with E-state index in [4.69, 9.17) is 0 Å². The summed E-state index contributed by atoms with van der Waals surface area (Å²) >= 11 is 0. The molecule has 5 N–H and O–H groups in total. The van der Waals surface area contributed by atoms with Crippen LogP contribution in [0.1, 0.15) is 149 Å². The van der Waals surface area contributed by atoms with Gasteiger partial charge in [-0.1, -0.05) is 122 Å². The molecule has 1 amide bonds. The fourth-order valence-corrected chi connectivity index (χ4v) is 4.64. The second-order valence-electron chi connectivity index (χ2n) is 10.8. The molecule has 0 fully saturated rings. The Morgan fingerprint density at radius 2 is 1.11 bits per heavy atom. The van der Waals surface area contributed by atoms with Crippen LogP contribution >= 0.6 is 0 Å². The summed E-state index contributed by atoms with van der Waals surface area (Å²) in [4.78, 5) is 12.3. The standard InChI is InChI=1S/C31H61NO5/c1-3-5-7-9-11-13-14-15-16-17-19-21-23-25-29(35)31(37)32-27(26-33)30(36)28(34)24-22-20-18-12-10-8-6-4-2/h12,18,27-30,33-36H,3-11,13-17,19-26H2,1-2H3,(H,32,37)/b18-12+. The quantitative estimate of drug-likeness (QED) is 0.0633. The largest absolute Gasteiger partial charge is 0.394 e. The molecule has 0 radical (unpaired) electrons. The number of nitrogens with one attached hydrogen (secondary N) is 1. The summed E-state index contributed by atoms with van der Waals surface area (Å²) in [7, 11) is 0. The zero-order valence-electron chi connectivity index (χ0n) is 24.2. The van der Waals surface area contributed by atoms with Crippen molar-refractivity contribution in [2.24, 2.45) is 0 Å². The molecule has 0 rings (SSSR count). The Kier molecular flexibility index (Phi) is 26.0. The molecule has 0 spiro atoms. The fourth-order valence-electron chi connectivity index (χ4n) is 4.64. The summed E-state index contributed by atoms with van der Waals surface area (Å²) in [5.41, 5.74) is 0. The van der Waals surface area contributed by atoms with Gasteiger partial charge in [0, 0.05) is 0 Å². The first-order valence-electron chi connectivity index (χ1n) is 15.6. The number of allylic oxidation sites excluding steroid dienone is 2. The minimum absolute atomic E-state index is 0.366. The molecule has 37 heavy (non-hydrogen) atoms. The minimum Gasteiger partial charge on any atom is -0.394 e. The van der Waals surface area contributed by atoms with Gasteiger partial charge in [0.15, 0.2) is 0 Å². The normalized spacial score (nSPS) is 15.1. The van der Waals surface area contributed by atoms with Gasteiger partial charge < -0.3 is 25.7 Å². The van der Waals surface area contributed by atoms with Gasteiger partial charge in [-0.15, -0.1) is 0 Å². The molecule has 0 bridgehead atoms. The van der Waals surface area contributed by atoms with Crippen LogP contribution in [0.3, 0.4) is 0 Å². The average Bonchev–Trinajstić information content (AvgIpc) is 2.90. The molecule has 6 nitrogen and oxygen atoms in total. The average molecular weight is 528 g/mol. The number of hydrogen-bond acceptors (Lipinski definition) is 5. The van der Waals surface area contributed by atoms with E-state index in [1.54, 1.807) is 0 Å². The van der Waals surface area contributed by atoms with Crippen molar-refractivity contribution in [2.75, 3.05) is 6.61 Å². The number of unbranched alkanes of at least 4 members (excludes halogenated alkanes) is 16. The molecule has 0 aromatic carbocycles. The van der Waals surface area contributed by atoms with Crippen molar-refractivity contribution in [3.63, 3.8) is 0 Å². The Bertz CT molecular complexity index is 528. The zero-order chi connectivity index (χ0) is 27.6. The topological polar surface area (TPSA) is 110 Å². The Balaban J connectivity index is 3.90. The molecule has 0 heterocycles. The third-order valence-corrected chi connectivity index (χ3v) is 7.23. The summed E-state index contributed by atoms with van der Waals surface area (Å²) in [6, 6.07) is -0.992. The lowest BCUT2D eigenvalue weighted by Gasteiger charge is -2.27. The van der Waals surface area contributed by atoms with E-state index >= 15 is 0 Å². The van der Waals surface area contributed by atoms with E-state index in [-0.39, 0.29) is 0 Å². The van der Waals surface area contributed by atoms with Gasteiger partial charge in [-0.05, 0) is 38.5 Å². The predicted octanol–water partition coefficient (Wildman–Crippen LogP) is 6.33. The first kappa shape index (κ1) is 36.0. The van der Waals surface area contributed by atoms with Gasteiger partial charge in [-0.3, -0.25) is 4.79 Å². The number of rotatable bonds is 27. The molecule has 0 aliphatic rings. The Labute approximate surface area is 228 Å². The highest BCUT2D eigenvalue weighted by molar-refractivity contribution is 5.80. The van der Waals surface area contributed by atoms with E-state index in [2.05, 4.69) is 31.3 Å². The third-order valence-electron chi connectivity index (χ3n) is 7.23. The van der Waals surface area contributed by atoms with Gasteiger partial charge in [0.2, 0.25) is 5.91 Å². The SMILES string of the molecule is CCCCC/C=C/CCCC(O)C(O)C(CO)NC(=O)C(O)CCCCCCCCCCCCCCC. The van der Waals surface area contributed by atoms with Crippen LogP contribution in [-0.4, -0.2) is 57.3 Å². The van der Waals surface area contributed by atoms with E-state index < -0.39 is 36.9 Å². The predicted molar refractivity (Wildman–Crippen MR) is 154 cm³/mol. The second-order valence-corrected chi connectivity index (χ2v) is 10.8. The minimum atomic E-state index is -1.27. The molecule has 220 valence electrons. The van der Waals surface area contributed by atoms with Crippen LogP contribution in [0.5, 0.6) is 0 Å². The van der Waals surface area contributed by atoms with Crippen LogP contribution in [0.2, 0.25) is 0 Å². The van der Waals surface area contributed by atoms with E-state index in [0.717, 1.165) is 38.5 Å². The monoisotopic (exact) mass is 527 g/mol. The zero-order valence-corrected chi connectivity index (χ0v) is 24.2. The summed E-state index contributed by atoms with van der Waals surface area (Å²) in [5.74, 6) is -0.598. The van der Waals surface area contributed by atoms with Crippen LogP contribution in [-0.2, 0) is 4.79 Å². The van der Waals surface area contributed by atoms with Crippen LogP contribution in [0.4, 0.5) is 0 Å². The van der Waals surface area contributed by atoms with Crippen molar-refractivity contribution >= 4 is 5.91 Å². The van der Waals surface area contributed by atoms with Crippen molar-refractivity contribution in [1.29, 1.82) is 0 Å². The maximum atomic E-state index is 12.3. The van der Waals surface area contributed by atoms with Crippen molar-refractivity contribution < 1.29 is 25.2 Å². The highest BCUT2D eigenvalue weighted by Crippen LogP contribution is 2.14. The number of amides is 1. The number of carbonyl (C=O) groups is 1. The summed E-state index contributed by atoms with van der Waals surface area (Å²) in [5, 5.41) is 43.0. The van der Waals surface area contributed by atoms with Crippen LogP contribution in [0.25, 0.3) is 0 Å². The molecule has 6 heteroatoms. The van der Waals surface area contributed by atoms with Crippen LogP contribution in [0.15, 0.2) is 12.2 Å². The number of hydrogen-bond donors (Lipinski definition) is 5. The molecule has 0 saturated heterocycles. The van der Waals surface area contributed by atoms with Gasteiger partial charge in [0.05, 0.1) is 18.8 Å². The maximum Gasteiger partial charge on any atom is 0.249 e. The highest BCUT2D eigenvalue weighted by Gasteiger charge is 2.28. The molecule has 4 atom stereocenters. The molecule has 0 aliphatic carbocycles. The van der Waals surface area contributed by atoms with Gasteiger partial charge in [0.1, 0.15) is 12.2 Å². The smallest absolute Gasteiger partial charge is 0.249 e. The van der Waals surface area contributed by atoms with Crippen molar-refractivity contribution in [3.8, 4) is 0 Å². The van der Waals surface area contributed by atoms with Crippen LogP contribution < -0.4 is 5.32 Å². The Hall–Kier alpha value is -0.950. The van der Waals surface area contributed by atoms with Gasteiger partial charge >= 0.3 is 0 Å². The van der Waals surface area contributed by atoms with E-state index in [0.29, 0.717) is 12.8 Å². The number of aliphatic hydroxyl groups excluding tert-OH is 4. The summed E-state index contributed by atoms with van der Waals surface area (Å²) in [6.07, 6.45) is 23.9. The molecule has 0 aliphatic heterocycles. The second kappa shape index (κ2) is 26.6. The molecular weight excluding hydrogens is 466 g/mol. The number of aliphatic hydroxyl groups is 4. The summed E-state index contributed by atoms with van der Waals surface area (Å²) < 4.78 is 0. The van der Waals surface area contributed by atoms with E-state index in [1.807, 2.05) is 0 Å². The lowest BCUT2D eigenvalue weighted by molar-refractivity contribution is -0.132. The Morgan fingerprint density at radius 3 is 1.62 bits per heavy atom. The lowest BCUT2D eigenvalue weighted by Crippen LogP contribution is -2.53. The van der Waals surface area contributed by atoms with Crippen molar-refractivity contribution in [2.45, 2.75) is 173 Å². The van der Waals surface area contributed by atoms with Crippen molar-refractivity contribution in [1.82, 2.24) is 5.32 Å². The maximum absolute atomic E-state index is 12.3. The first-order valence-corrected chi connectivity index (χ1v) is 15.6. The fraction of sp³-hybridized carbons (Fsp3) is 0.903. The van der Waals surface area contributed by atoms with E-state index in [9.17, 15) is 25.2 Å². The number of carbonyl (C=O) groups excluding carboxylic acids is 1. The highest BCUT2D eigenvalue weighted by atomic mass is 16.3. The van der Waals surface area contributed by atoms with E-state index in [1.165, 1.54) is 83.5 Å². The van der Waals surface area contributed by atoms with Crippen LogP contribution in [0, 0.1) is 0 Å².